The molecule has 1 aromatic rings. The molecule has 8 heteroatoms. The predicted molar refractivity (Wildman–Crippen MR) is 96.5 cm³/mol. The van der Waals surface area contributed by atoms with Crippen LogP contribution in [0.1, 0.15) is 18.9 Å². The van der Waals surface area contributed by atoms with Gasteiger partial charge in [-0.2, -0.15) is 0 Å². The first-order valence-corrected chi connectivity index (χ1v) is 8.84. The van der Waals surface area contributed by atoms with Crippen LogP contribution in [0.25, 0.3) is 0 Å². The summed E-state index contributed by atoms with van der Waals surface area (Å²) >= 11 is 0. The van der Waals surface area contributed by atoms with E-state index in [4.69, 9.17) is 4.74 Å². The van der Waals surface area contributed by atoms with Gasteiger partial charge in [0.15, 0.2) is 0 Å². The fourth-order valence-corrected chi connectivity index (χ4v) is 2.64. The van der Waals surface area contributed by atoms with E-state index in [1.807, 2.05) is 30.3 Å². The van der Waals surface area contributed by atoms with Gasteiger partial charge in [0.2, 0.25) is 5.91 Å². The van der Waals surface area contributed by atoms with Crippen LogP contribution < -0.4 is 10.6 Å². The smallest absolute Gasteiger partial charge is 0.409 e. The highest BCUT2D eigenvalue weighted by molar-refractivity contribution is 5.94. The summed E-state index contributed by atoms with van der Waals surface area (Å²) in [5, 5.41) is 4.99. The number of urea groups is 1. The van der Waals surface area contributed by atoms with Gasteiger partial charge in [-0.1, -0.05) is 30.3 Å². The van der Waals surface area contributed by atoms with Crippen molar-refractivity contribution in [3.05, 3.63) is 35.9 Å². The number of rotatable bonds is 6. The van der Waals surface area contributed by atoms with Crippen molar-refractivity contribution in [2.75, 3.05) is 39.3 Å². The molecule has 1 saturated heterocycles. The Morgan fingerprint density at radius 1 is 1.08 bits per heavy atom. The number of carbonyl (C=O) groups is 3. The molecule has 1 aliphatic rings. The number of piperazine rings is 1. The third-order valence-electron chi connectivity index (χ3n) is 4.10. The summed E-state index contributed by atoms with van der Waals surface area (Å²) < 4.78 is 4.97. The molecule has 0 aromatic heterocycles. The van der Waals surface area contributed by atoms with Crippen LogP contribution in [0.5, 0.6) is 0 Å². The largest absolute Gasteiger partial charge is 0.450 e. The lowest BCUT2D eigenvalue weighted by Crippen LogP contribution is -2.49. The minimum absolute atomic E-state index is 0.234. The zero-order valence-corrected chi connectivity index (χ0v) is 15.1. The molecule has 0 spiro atoms. The van der Waals surface area contributed by atoms with Crippen LogP contribution >= 0.6 is 0 Å². The summed E-state index contributed by atoms with van der Waals surface area (Å²) in [7, 11) is 0. The minimum Gasteiger partial charge on any atom is -0.450 e. The maximum atomic E-state index is 11.9. The number of amides is 4. The van der Waals surface area contributed by atoms with Crippen molar-refractivity contribution in [1.82, 2.24) is 20.4 Å². The van der Waals surface area contributed by atoms with Crippen molar-refractivity contribution in [3.8, 4) is 0 Å². The van der Waals surface area contributed by atoms with E-state index in [9.17, 15) is 14.4 Å². The fraction of sp³-hybridized carbons (Fsp3) is 0.500. The average Bonchev–Trinajstić information content (AvgIpc) is 2.66. The third kappa shape index (κ3) is 6.72. The molecule has 1 heterocycles. The Morgan fingerprint density at radius 2 is 1.77 bits per heavy atom. The molecule has 0 saturated carbocycles. The molecule has 142 valence electrons. The molecule has 0 radical (unpaired) electrons. The molecule has 8 nitrogen and oxygen atoms in total. The van der Waals surface area contributed by atoms with Crippen molar-refractivity contribution in [2.45, 2.75) is 19.9 Å². The summed E-state index contributed by atoms with van der Waals surface area (Å²) in [6.45, 7) is 5.60. The van der Waals surface area contributed by atoms with Gasteiger partial charge in [0.25, 0.3) is 0 Å². The molecule has 0 aliphatic carbocycles. The second kappa shape index (κ2) is 10.4. The van der Waals surface area contributed by atoms with E-state index >= 15 is 0 Å². The summed E-state index contributed by atoms with van der Waals surface area (Å²) in [4.78, 5) is 39.0. The quantitative estimate of drug-likeness (QED) is 0.793. The summed E-state index contributed by atoms with van der Waals surface area (Å²) in [5.41, 5.74) is 0.967. The van der Waals surface area contributed by atoms with Crippen LogP contribution in [0.2, 0.25) is 0 Å². The topological polar surface area (TPSA) is 91.0 Å². The van der Waals surface area contributed by atoms with Crippen molar-refractivity contribution < 1.29 is 19.1 Å². The van der Waals surface area contributed by atoms with Gasteiger partial charge in [-0.25, -0.2) is 9.59 Å². The van der Waals surface area contributed by atoms with Gasteiger partial charge in [-0.3, -0.25) is 15.0 Å². The Bertz CT molecular complexity index is 600. The van der Waals surface area contributed by atoms with Gasteiger partial charge in [0.05, 0.1) is 6.61 Å². The van der Waals surface area contributed by atoms with E-state index in [1.54, 1.807) is 11.8 Å². The number of hydrogen-bond donors (Lipinski definition) is 2. The molecule has 1 aliphatic heterocycles. The number of imide groups is 1. The molecule has 1 fully saturated rings. The highest BCUT2D eigenvalue weighted by Crippen LogP contribution is 2.04. The van der Waals surface area contributed by atoms with Crippen LogP contribution in [0, 0.1) is 0 Å². The molecule has 4 amide bonds. The van der Waals surface area contributed by atoms with Crippen LogP contribution in [0.3, 0.4) is 0 Å². The van der Waals surface area contributed by atoms with Crippen molar-refractivity contribution in [2.24, 2.45) is 0 Å². The van der Waals surface area contributed by atoms with Crippen molar-refractivity contribution in [1.29, 1.82) is 0 Å². The van der Waals surface area contributed by atoms with Crippen LogP contribution in [-0.2, 0) is 16.1 Å². The second-order valence-corrected chi connectivity index (χ2v) is 5.99. The number of carbonyl (C=O) groups excluding carboxylic acids is 3. The minimum atomic E-state index is -0.494. The van der Waals surface area contributed by atoms with Crippen molar-refractivity contribution in [3.63, 3.8) is 0 Å². The number of nitrogens with zero attached hydrogens (tertiary/aromatic N) is 2. The van der Waals surface area contributed by atoms with Gasteiger partial charge in [0.1, 0.15) is 0 Å². The number of ether oxygens (including phenoxy) is 1. The van der Waals surface area contributed by atoms with Gasteiger partial charge in [-0.05, 0) is 12.5 Å². The number of nitrogens with one attached hydrogen (secondary N) is 2. The normalized spacial score (nSPS) is 14.6. The molecular weight excluding hydrogens is 336 g/mol. The summed E-state index contributed by atoms with van der Waals surface area (Å²) in [5.74, 6) is -0.316. The van der Waals surface area contributed by atoms with Gasteiger partial charge in [-0.15, -0.1) is 0 Å². The lowest BCUT2D eigenvalue weighted by molar-refractivity contribution is -0.120. The Balaban J connectivity index is 1.60. The van der Waals surface area contributed by atoms with Gasteiger partial charge in [0, 0.05) is 45.7 Å². The average molecular weight is 362 g/mol. The first-order chi connectivity index (χ1) is 12.6. The van der Waals surface area contributed by atoms with Gasteiger partial charge >= 0.3 is 12.1 Å². The van der Waals surface area contributed by atoms with E-state index < -0.39 is 6.03 Å². The predicted octanol–water partition coefficient (Wildman–Crippen LogP) is 1.18. The zero-order valence-electron chi connectivity index (χ0n) is 15.1. The zero-order chi connectivity index (χ0) is 18.8. The van der Waals surface area contributed by atoms with E-state index in [1.165, 1.54) is 0 Å². The van der Waals surface area contributed by atoms with Crippen LogP contribution in [0.4, 0.5) is 9.59 Å². The molecular formula is C18H26N4O4. The maximum Gasteiger partial charge on any atom is 0.409 e. The van der Waals surface area contributed by atoms with Crippen LogP contribution in [-0.4, -0.2) is 67.2 Å². The Kier molecular flexibility index (Phi) is 7.88. The first kappa shape index (κ1) is 19.7. The lowest BCUT2D eigenvalue weighted by Gasteiger charge is -2.33. The standard InChI is InChI=1S/C18H26N4O4/c1-2-26-18(25)22-12-10-21(11-13-22)9-8-16(23)20-17(24)19-14-15-6-4-3-5-7-15/h3-7H,2,8-14H2,1H3,(H2,19,20,23,24). The third-order valence-corrected chi connectivity index (χ3v) is 4.10. The number of benzene rings is 1. The molecule has 0 atom stereocenters. The summed E-state index contributed by atoms with van der Waals surface area (Å²) in [6.07, 6.45) is -0.0574. The first-order valence-electron chi connectivity index (χ1n) is 8.84. The van der Waals surface area contributed by atoms with E-state index in [-0.39, 0.29) is 18.4 Å². The molecule has 2 N–H and O–H groups in total. The highest BCUT2D eigenvalue weighted by atomic mass is 16.6. The van der Waals surface area contributed by atoms with E-state index in [0.717, 1.165) is 5.56 Å². The molecule has 1 aromatic carbocycles. The van der Waals surface area contributed by atoms with E-state index in [0.29, 0.717) is 45.9 Å². The molecule has 0 unspecified atom stereocenters. The Labute approximate surface area is 153 Å². The maximum absolute atomic E-state index is 11.9. The van der Waals surface area contributed by atoms with Crippen LogP contribution in [0.15, 0.2) is 30.3 Å². The molecule has 2 rings (SSSR count). The van der Waals surface area contributed by atoms with Gasteiger partial charge < -0.3 is 15.0 Å². The molecule has 26 heavy (non-hydrogen) atoms. The number of hydrogen-bond acceptors (Lipinski definition) is 5. The molecule has 0 bridgehead atoms. The Morgan fingerprint density at radius 3 is 2.42 bits per heavy atom. The second-order valence-electron chi connectivity index (χ2n) is 5.99. The lowest BCUT2D eigenvalue weighted by atomic mass is 10.2. The SMILES string of the molecule is CCOC(=O)N1CCN(CCC(=O)NC(=O)NCc2ccccc2)CC1. The highest BCUT2D eigenvalue weighted by Gasteiger charge is 2.22. The summed E-state index contributed by atoms with van der Waals surface area (Å²) in [6, 6.07) is 8.99. The fourth-order valence-electron chi connectivity index (χ4n) is 2.64. The van der Waals surface area contributed by atoms with E-state index in [2.05, 4.69) is 15.5 Å². The Hall–Kier alpha value is -2.61. The van der Waals surface area contributed by atoms with Crippen molar-refractivity contribution >= 4 is 18.0 Å². The monoisotopic (exact) mass is 362 g/mol.